The number of unbranched alkanes of at least 4 members (excludes halogenated alkanes) is 7. The molecule has 0 aliphatic carbocycles. The van der Waals surface area contributed by atoms with E-state index in [0.29, 0.717) is 41.4 Å². The molecule has 3 aromatic rings. The molecular formula is C32H34F2O5. The Labute approximate surface area is 228 Å². The lowest BCUT2D eigenvalue weighted by atomic mass is 10.1. The molecule has 5 nitrogen and oxygen atoms in total. The van der Waals surface area contributed by atoms with E-state index in [9.17, 15) is 18.4 Å². The highest BCUT2D eigenvalue weighted by Gasteiger charge is 2.10. The monoisotopic (exact) mass is 536 g/mol. The van der Waals surface area contributed by atoms with Gasteiger partial charge in [0.15, 0.2) is 0 Å². The molecule has 0 atom stereocenters. The summed E-state index contributed by atoms with van der Waals surface area (Å²) in [6.45, 7) is 4.44. The second-order valence-electron chi connectivity index (χ2n) is 9.14. The standard InChI is InChI=1S/C32H34F2O5/c1-2-31(35)38-20-10-8-6-4-3-5-7-9-19-37-29-15-13-25(14-16-29)32(36)39-30-17-11-24(12-18-30)26-21-27(33)23-28(34)22-26/h2,11-18,21-23H,1,3-10,19-20H2. The minimum Gasteiger partial charge on any atom is -0.494 e. The van der Waals surface area contributed by atoms with E-state index >= 15 is 0 Å². The number of hydrogen-bond acceptors (Lipinski definition) is 5. The zero-order valence-corrected chi connectivity index (χ0v) is 22.0. The third-order valence-electron chi connectivity index (χ3n) is 6.07. The molecule has 0 spiro atoms. The highest BCUT2D eigenvalue weighted by atomic mass is 19.1. The van der Waals surface area contributed by atoms with Crippen LogP contribution in [0, 0.1) is 11.6 Å². The lowest BCUT2D eigenvalue weighted by molar-refractivity contribution is -0.137. The summed E-state index contributed by atoms with van der Waals surface area (Å²) in [7, 11) is 0. The maximum Gasteiger partial charge on any atom is 0.343 e. The highest BCUT2D eigenvalue weighted by Crippen LogP contribution is 2.25. The molecule has 0 unspecified atom stereocenters. The van der Waals surface area contributed by atoms with Crippen LogP contribution in [0.2, 0.25) is 0 Å². The van der Waals surface area contributed by atoms with Crippen molar-refractivity contribution < 1.29 is 32.6 Å². The minimum absolute atomic E-state index is 0.329. The summed E-state index contributed by atoms with van der Waals surface area (Å²) >= 11 is 0. The lowest BCUT2D eigenvalue weighted by Crippen LogP contribution is -2.08. The van der Waals surface area contributed by atoms with E-state index in [2.05, 4.69) is 6.58 Å². The molecule has 0 amide bonds. The molecule has 0 aromatic heterocycles. The van der Waals surface area contributed by atoms with Crippen molar-refractivity contribution in [2.75, 3.05) is 13.2 Å². The molecule has 0 saturated heterocycles. The lowest BCUT2D eigenvalue weighted by Gasteiger charge is -2.08. The second kappa shape index (κ2) is 16.1. The number of carbonyl (C=O) groups is 2. The fraction of sp³-hybridized carbons (Fsp3) is 0.312. The van der Waals surface area contributed by atoms with Crippen molar-refractivity contribution in [3.8, 4) is 22.6 Å². The first kappa shape index (κ1) is 29.6. The highest BCUT2D eigenvalue weighted by molar-refractivity contribution is 5.91. The van der Waals surface area contributed by atoms with Crippen LogP contribution in [0.1, 0.15) is 61.7 Å². The number of benzene rings is 3. The molecule has 0 saturated carbocycles. The molecule has 0 aliphatic rings. The average molecular weight is 537 g/mol. The molecule has 0 N–H and O–H groups in total. The van der Waals surface area contributed by atoms with Crippen LogP contribution in [0.5, 0.6) is 11.5 Å². The van der Waals surface area contributed by atoms with E-state index < -0.39 is 17.6 Å². The molecule has 7 heteroatoms. The number of hydrogen-bond donors (Lipinski definition) is 0. The van der Waals surface area contributed by atoms with Crippen molar-refractivity contribution in [3.63, 3.8) is 0 Å². The van der Waals surface area contributed by atoms with Gasteiger partial charge in [-0.3, -0.25) is 0 Å². The van der Waals surface area contributed by atoms with E-state index in [1.54, 1.807) is 48.5 Å². The van der Waals surface area contributed by atoms with Gasteiger partial charge in [0.2, 0.25) is 0 Å². The summed E-state index contributed by atoms with van der Waals surface area (Å²) in [5, 5.41) is 0. The van der Waals surface area contributed by atoms with Crippen LogP contribution < -0.4 is 9.47 Å². The first-order chi connectivity index (χ1) is 18.9. The van der Waals surface area contributed by atoms with E-state index in [4.69, 9.17) is 14.2 Å². The van der Waals surface area contributed by atoms with Gasteiger partial charge < -0.3 is 14.2 Å². The van der Waals surface area contributed by atoms with Gasteiger partial charge in [0.25, 0.3) is 0 Å². The fourth-order valence-corrected chi connectivity index (χ4v) is 3.98. The minimum atomic E-state index is -0.654. The maximum atomic E-state index is 13.5. The summed E-state index contributed by atoms with van der Waals surface area (Å²) < 4.78 is 43.1. The van der Waals surface area contributed by atoms with Crippen molar-refractivity contribution in [2.45, 2.75) is 51.4 Å². The molecule has 206 valence electrons. The van der Waals surface area contributed by atoms with Crippen LogP contribution in [-0.4, -0.2) is 25.2 Å². The summed E-state index contributed by atoms with van der Waals surface area (Å²) in [4.78, 5) is 23.4. The third kappa shape index (κ3) is 10.7. The van der Waals surface area contributed by atoms with Crippen molar-refractivity contribution >= 4 is 11.9 Å². The summed E-state index contributed by atoms with van der Waals surface area (Å²) in [6.07, 6.45) is 9.81. The molecule has 3 aromatic carbocycles. The molecule has 0 radical (unpaired) electrons. The largest absolute Gasteiger partial charge is 0.494 e. The first-order valence-electron chi connectivity index (χ1n) is 13.3. The van der Waals surface area contributed by atoms with Crippen molar-refractivity contribution in [3.05, 3.63) is 96.6 Å². The van der Waals surface area contributed by atoms with Crippen molar-refractivity contribution in [1.29, 1.82) is 0 Å². The smallest absolute Gasteiger partial charge is 0.343 e. The van der Waals surface area contributed by atoms with Gasteiger partial charge in [-0.15, -0.1) is 0 Å². The topological polar surface area (TPSA) is 61.8 Å². The molecule has 3 rings (SSSR count). The Morgan fingerprint density at radius 1 is 0.667 bits per heavy atom. The van der Waals surface area contributed by atoms with Crippen LogP contribution in [0.15, 0.2) is 79.4 Å². The van der Waals surface area contributed by atoms with Gasteiger partial charge in [-0.25, -0.2) is 18.4 Å². The molecule has 0 aliphatic heterocycles. The molecule has 0 fully saturated rings. The van der Waals surface area contributed by atoms with Crippen LogP contribution >= 0.6 is 0 Å². The first-order valence-corrected chi connectivity index (χ1v) is 13.3. The zero-order chi connectivity index (χ0) is 27.9. The van der Waals surface area contributed by atoms with Gasteiger partial charge in [0.1, 0.15) is 23.1 Å². The third-order valence-corrected chi connectivity index (χ3v) is 6.07. The number of rotatable bonds is 16. The van der Waals surface area contributed by atoms with Crippen LogP contribution in [0.3, 0.4) is 0 Å². The van der Waals surface area contributed by atoms with E-state index in [1.165, 1.54) is 31.1 Å². The summed E-state index contributed by atoms with van der Waals surface area (Å²) in [6, 6.07) is 16.5. The van der Waals surface area contributed by atoms with Gasteiger partial charge in [-0.2, -0.15) is 0 Å². The molecule has 39 heavy (non-hydrogen) atoms. The predicted octanol–water partition coefficient (Wildman–Crippen LogP) is 8.08. The van der Waals surface area contributed by atoms with Crippen molar-refractivity contribution in [1.82, 2.24) is 0 Å². The van der Waals surface area contributed by atoms with Gasteiger partial charge >= 0.3 is 11.9 Å². The van der Waals surface area contributed by atoms with Crippen LogP contribution in [0.25, 0.3) is 11.1 Å². The fourth-order valence-electron chi connectivity index (χ4n) is 3.98. The summed E-state index contributed by atoms with van der Waals surface area (Å²) in [5.41, 5.74) is 1.39. The Morgan fingerprint density at radius 2 is 1.21 bits per heavy atom. The maximum absolute atomic E-state index is 13.5. The van der Waals surface area contributed by atoms with Gasteiger partial charge in [0.05, 0.1) is 18.8 Å². The zero-order valence-electron chi connectivity index (χ0n) is 22.0. The number of esters is 2. The SMILES string of the molecule is C=CC(=O)OCCCCCCCCCCOc1ccc(C(=O)Oc2ccc(-c3cc(F)cc(F)c3)cc2)cc1. The van der Waals surface area contributed by atoms with Crippen molar-refractivity contribution in [2.24, 2.45) is 0 Å². The number of halogens is 2. The Kier molecular flexibility index (Phi) is 12.2. The van der Waals surface area contributed by atoms with Crippen LogP contribution in [0.4, 0.5) is 8.78 Å². The van der Waals surface area contributed by atoms with E-state index in [-0.39, 0.29) is 5.97 Å². The Morgan fingerprint density at radius 3 is 1.79 bits per heavy atom. The number of carbonyl (C=O) groups excluding carboxylic acids is 2. The molecular weight excluding hydrogens is 502 g/mol. The summed E-state index contributed by atoms with van der Waals surface area (Å²) in [5.74, 6) is -1.16. The average Bonchev–Trinajstić information content (AvgIpc) is 2.93. The molecule has 0 bridgehead atoms. The van der Waals surface area contributed by atoms with Gasteiger partial charge in [-0.05, 0) is 72.5 Å². The number of ether oxygens (including phenoxy) is 3. The van der Waals surface area contributed by atoms with Gasteiger partial charge in [0, 0.05) is 12.1 Å². The Balaban J connectivity index is 1.29. The quantitative estimate of drug-likeness (QED) is 0.0802. The van der Waals surface area contributed by atoms with E-state index in [1.807, 2.05) is 0 Å². The predicted molar refractivity (Wildman–Crippen MR) is 147 cm³/mol. The Bertz CT molecular complexity index is 1190. The van der Waals surface area contributed by atoms with Crippen LogP contribution in [-0.2, 0) is 9.53 Å². The molecule has 0 heterocycles. The van der Waals surface area contributed by atoms with E-state index in [0.717, 1.165) is 44.6 Å². The Hall–Kier alpha value is -4.00. The van der Waals surface area contributed by atoms with Gasteiger partial charge in [-0.1, -0.05) is 57.2 Å². The normalized spacial score (nSPS) is 10.6. The second-order valence-corrected chi connectivity index (χ2v) is 9.14.